The highest BCUT2D eigenvalue weighted by Crippen LogP contribution is 2.35. The van der Waals surface area contributed by atoms with Crippen molar-refractivity contribution in [3.63, 3.8) is 0 Å². The SMILES string of the molecule is Cc1c(C(=O)c2ccc(Br)cc2)oc2cc3oc(C(=O)c4ccc(Br)cc4)c(C)c3cc12. The summed E-state index contributed by atoms with van der Waals surface area (Å²) in [5, 5.41) is 1.65. The molecule has 32 heavy (non-hydrogen) atoms. The van der Waals surface area contributed by atoms with Crippen LogP contribution in [0.3, 0.4) is 0 Å². The molecule has 5 aromatic rings. The minimum Gasteiger partial charge on any atom is -0.452 e. The summed E-state index contributed by atoms with van der Waals surface area (Å²) in [6.45, 7) is 3.74. The maximum absolute atomic E-state index is 13.0. The van der Waals surface area contributed by atoms with Crippen LogP contribution >= 0.6 is 31.9 Å². The van der Waals surface area contributed by atoms with Crippen LogP contribution in [0.5, 0.6) is 0 Å². The van der Waals surface area contributed by atoms with E-state index in [1.165, 1.54) is 0 Å². The molecule has 5 rings (SSSR count). The first-order valence-corrected chi connectivity index (χ1v) is 11.5. The van der Waals surface area contributed by atoms with Crippen LogP contribution < -0.4 is 0 Å². The minimum atomic E-state index is -0.175. The van der Waals surface area contributed by atoms with Crippen molar-refractivity contribution in [2.45, 2.75) is 13.8 Å². The number of aryl methyl sites for hydroxylation is 2. The minimum absolute atomic E-state index is 0.175. The second-order valence-corrected chi connectivity index (χ2v) is 9.46. The van der Waals surface area contributed by atoms with Crippen molar-refractivity contribution in [1.29, 1.82) is 0 Å². The summed E-state index contributed by atoms with van der Waals surface area (Å²) in [5.74, 6) is 0.258. The number of hydrogen-bond acceptors (Lipinski definition) is 4. The van der Waals surface area contributed by atoms with Crippen LogP contribution in [0.15, 0.2) is 78.4 Å². The average molecular weight is 552 g/mol. The lowest BCUT2D eigenvalue weighted by Gasteiger charge is -1.99. The lowest BCUT2D eigenvalue weighted by atomic mass is 10.0. The van der Waals surface area contributed by atoms with Gasteiger partial charge in [0.25, 0.3) is 0 Å². The molecule has 0 amide bonds. The molecule has 6 heteroatoms. The highest BCUT2D eigenvalue weighted by atomic mass is 79.9. The number of hydrogen-bond donors (Lipinski definition) is 0. The fourth-order valence-corrected chi connectivity index (χ4v) is 4.36. The van der Waals surface area contributed by atoms with Crippen LogP contribution in [-0.4, -0.2) is 11.6 Å². The molecule has 158 valence electrons. The Balaban J connectivity index is 1.59. The van der Waals surface area contributed by atoms with Gasteiger partial charge in [-0.2, -0.15) is 0 Å². The van der Waals surface area contributed by atoms with Gasteiger partial charge in [-0.3, -0.25) is 9.59 Å². The van der Waals surface area contributed by atoms with Crippen molar-refractivity contribution in [2.75, 3.05) is 0 Å². The third-order valence-corrected chi connectivity index (χ3v) is 6.68. The highest BCUT2D eigenvalue weighted by Gasteiger charge is 2.23. The third kappa shape index (κ3) is 3.44. The van der Waals surface area contributed by atoms with E-state index in [1.54, 1.807) is 30.3 Å². The number of furan rings is 2. The maximum Gasteiger partial charge on any atom is 0.228 e. The topological polar surface area (TPSA) is 60.4 Å². The Morgan fingerprint density at radius 3 is 1.38 bits per heavy atom. The number of fused-ring (bicyclic) bond motifs is 2. The maximum atomic E-state index is 13.0. The molecule has 0 N–H and O–H groups in total. The molecule has 0 fully saturated rings. The van der Waals surface area contributed by atoms with E-state index in [9.17, 15) is 9.59 Å². The predicted molar refractivity (Wildman–Crippen MR) is 131 cm³/mol. The lowest BCUT2D eigenvalue weighted by molar-refractivity contribution is 0.100. The van der Waals surface area contributed by atoms with Crippen LogP contribution in [-0.2, 0) is 0 Å². The molecule has 0 radical (unpaired) electrons. The molecule has 2 heterocycles. The molecule has 0 saturated heterocycles. The molecule has 4 nitrogen and oxygen atoms in total. The number of benzene rings is 3. The van der Waals surface area contributed by atoms with Crippen LogP contribution in [0, 0.1) is 13.8 Å². The van der Waals surface area contributed by atoms with Crippen LogP contribution in [0.4, 0.5) is 0 Å². The van der Waals surface area contributed by atoms with Gasteiger partial charge < -0.3 is 8.83 Å². The third-order valence-electron chi connectivity index (χ3n) is 5.62. The van der Waals surface area contributed by atoms with Gasteiger partial charge in [-0.25, -0.2) is 0 Å². The predicted octanol–water partition coefficient (Wildman–Crippen LogP) is 7.78. The van der Waals surface area contributed by atoms with Crippen molar-refractivity contribution in [1.82, 2.24) is 0 Å². The molecular formula is C26H16Br2O4. The van der Waals surface area contributed by atoms with Gasteiger partial charge in [0.2, 0.25) is 11.6 Å². The lowest BCUT2D eigenvalue weighted by Crippen LogP contribution is -2.01. The summed E-state index contributed by atoms with van der Waals surface area (Å²) in [5.41, 5.74) is 3.72. The molecule has 2 aromatic heterocycles. The van der Waals surface area contributed by atoms with Gasteiger partial charge in [0.15, 0.2) is 11.5 Å². The molecule has 3 aromatic carbocycles. The fourth-order valence-electron chi connectivity index (χ4n) is 3.83. The smallest absolute Gasteiger partial charge is 0.228 e. The molecular weight excluding hydrogens is 536 g/mol. The monoisotopic (exact) mass is 550 g/mol. The van der Waals surface area contributed by atoms with Crippen molar-refractivity contribution in [3.05, 3.63) is 103 Å². The van der Waals surface area contributed by atoms with Gasteiger partial charge in [0, 0.05) is 48.0 Å². The van der Waals surface area contributed by atoms with Crippen molar-refractivity contribution in [3.8, 4) is 0 Å². The summed E-state index contributed by atoms with van der Waals surface area (Å²) in [4.78, 5) is 26.0. The van der Waals surface area contributed by atoms with Gasteiger partial charge in [-0.05, 0) is 68.4 Å². The summed E-state index contributed by atoms with van der Waals surface area (Å²) in [6.07, 6.45) is 0. The van der Waals surface area contributed by atoms with Crippen molar-refractivity contribution < 1.29 is 18.4 Å². The van der Waals surface area contributed by atoms with Crippen molar-refractivity contribution in [2.24, 2.45) is 0 Å². The second-order valence-electron chi connectivity index (χ2n) is 7.63. The van der Waals surface area contributed by atoms with Gasteiger partial charge in [-0.15, -0.1) is 0 Å². The Kier molecular flexibility index (Phi) is 5.14. The zero-order chi connectivity index (χ0) is 22.6. The molecule has 0 saturated carbocycles. The number of halogens is 2. The normalized spacial score (nSPS) is 11.4. The molecule has 0 atom stereocenters. The van der Waals surface area contributed by atoms with Crippen LogP contribution in [0.1, 0.15) is 43.4 Å². The number of carbonyl (C=O) groups is 2. The highest BCUT2D eigenvalue weighted by molar-refractivity contribution is 9.10. The van der Waals surface area contributed by atoms with E-state index in [4.69, 9.17) is 8.83 Å². The first-order chi connectivity index (χ1) is 15.3. The van der Waals surface area contributed by atoms with Gasteiger partial charge >= 0.3 is 0 Å². The molecule has 0 aliphatic rings. The van der Waals surface area contributed by atoms with E-state index in [0.29, 0.717) is 33.8 Å². The molecule has 0 aliphatic carbocycles. The Morgan fingerprint density at radius 1 is 0.625 bits per heavy atom. The number of carbonyl (C=O) groups excluding carboxylic acids is 2. The zero-order valence-corrected chi connectivity index (χ0v) is 20.3. The molecule has 0 bridgehead atoms. The zero-order valence-electron chi connectivity index (χ0n) is 17.2. The van der Waals surface area contributed by atoms with E-state index in [0.717, 1.165) is 30.8 Å². The quantitative estimate of drug-likeness (QED) is 0.214. The average Bonchev–Trinajstić information content (AvgIpc) is 3.29. The first kappa shape index (κ1) is 20.9. The fraction of sp³-hybridized carbons (Fsp3) is 0.0769. The van der Waals surface area contributed by atoms with E-state index in [-0.39, 0.29) is 11.6 Å². The van der Waals surface area contributed by atoms with Crippen molar-refractivity contribution >= 4 is 65.4 Å². The first-order valence-electron chi connectivity index (χ1n) is 9.90. The number of ketones is 2. The summed E-state index contributed by atoms with van der Waals surface area (Å²) in [7, 11) is 0. The van der Waals surface area contributed by atoms with Crippen LogP contribution in [0.25, 0.3) is 21.9 Å². The van der Waals surface area contributed by atoms with Gasteiger partial charge in [-0.1, -0.05) is 31.9 Å². The summed E-state index contributed by atoms with van der Waals surface area (Å²) in [6, 6.07) is 18.0. The summed E-state index contributed by atoms with van der Waals surface area (Å²) < 4.78 is 13.7. The largest absolute Gasteiger partial charge is 0.452 e. The second kappa shape index (κ2) is 7.87. The standard InChI is InChI=1S/C26H16Br2O4/c1-13-19-11-20-14(2)26(24(30)16-5-9-18(28)10-6-16)32-22(20)12-21(19)31-25(13)23(29)15-3-7-17(27)8-4-15/h3-12H,1-2H3. The van der Waals surface area contributed by atoms with E-state index in [1.807, 2.05) is 44.2 Å². The Labute approximate surface area is 200 Å². The number of rotatable bonds is 4. The van der Waals surface area contributed by atoms with Gasteiger partial charge in [0.05, 0.1) is 0 Å². The van der Waals surface area contributed by atoms with E-state index < -0.39 is 0 Å². The Morgan fingerprint density at radius 2 is 1.00 bits per heavy atom. The van der Waals surface area contributed by atoms with E-state index >= 15 is 0 Å². The Bertz CT molecular complexity index is 1410. The summed E-state index contributed by atoms with van der Waals surface area (Å²) >= 11 is 6.77. The Hall–Kier alpha value is -2.96. The molecule has 0 unspecified atom stereocenters. The molecule has 0 aliphatic heterocycles. The van der Waals surface area contributed by atoms with E-state index in [2.05, 4.69) is 31.9 Å². The van der Waals surface area contributed by atoms with Gasteiger partial charge in [0.1, 0.15) is 11.2 Å². The molecule has 0 spiro atoms. The van der Waals surface area contributed by atoms with Crippen LogP contribution in [0.2, 0.25) is 0 Å².